The Balaban J connectivity index is 2.75. The summed E-state index contributed by atoms with van der Waals surface area (Å²) in [5.41, 5.74) is -0.256. The predicted octanol–water partition coefficient (Wildman–Crippen LogP) is 1.38. The van der Waals surface area contributed by atoms with E-state index in [1.807, 2.05) is 32.9 Å². The zero-order valence-corrected chi connectivity index (χ0v) is 9.79. The van der Waals surface area contributed by atoms with Crippen LogP contribution >= 0.6 is 0 Å². The van der Waals surface area contributed by atoms with Gasteiger partial charge in [-0.05, 0) is 40.2 Å². The molecule has 1 atom stereocenters. The Hall–Kier alpha value is -0.870. The predicted molar refractivity (Wildman–Crippen MR) is 62.6 cm³/mol. The second-order valence-electron chi connectivity index (χ2n) is 4.37. The third-order valence-electron chi connectivity index (χ3n) is 2.45. The fraction of sp³-hybridized carbons (Fsp3) is 0.727. The van der Waals surface area contributed by atoms with E-state index in [0.29, 0.717) is 5.90 Å². The molecule has 1 saturated heterocycles. The van der Waals surface area contributed by atoms with Crippen molar-refractivity contribution in [2.75, 3.05) is 6.54 Å². The van der Waals surface area contributed by atoms with Gasteiger partial charge in [0.1, 0.15) is 0 Å². The highest BCUT2D eigenvalue weighted by Crippen LogP contribution is 2.15. The van der Waals surface area contributed by atoms with Gasteiger partial charge in [-0.3, -0.25) is 0 Å². The number of nitrogens with one attached hydrogen (secondary N) is 1. The van der Waals surface area contributed by atoms with Gasteiger partial charge in [0.05, 0.1) is 11.6 Å². The minimum atomic E-state index is -0.256. The summed E-state index contributed by atoms with van der Waals surface area (Å²) in [4.78, 5) is 9.39. The normalized spacial score (nSPS) is 23.7. The number of nitrogens with zero attached hydrogens (tertiary/aromatic N) is 1. The first kappa shape index (κ1) is 12.2. The maximum absolute atomic E-state index is 5.26. The van der Waals surface area contributed by atoms with E-state index in [0.717, 1.165) is 19.4 Å². The van der Waals surface area contributed by atoms with Crippen molar-refractivity contribution < 1.29 is 4.84 Å². The third-order valence-corrected chi connectivity index (χ3v) is 2.45. The van der Waals surface area contributed by atoms with Gasteiger partial charge in [-0.15, -0.1) is 0 Å². The number of hydrogen-bond acceptors (Lipinski definition) is 4. The first-order valence-corrected chi connectivity index (χ1v) is 5.43. The molecule has 0 aromatic rings. The quantitative estimate of drug-likeness (QED) is 0.321. The lowest BCUT2D eigenvalue weighted by Crippen LogP contribution is -2.36. The highest BCUT2D eigenvalue weighted by molar-refractivity contribution is 5.82. The monoisotopic (exact) mass is 211 g/mol. The smallest absolute Gasteiger partial charge is 0.226 e. The molecule has 0 aromatic carbocycles. The average molecular weight is 211 g/mol. The van der Waals surface area contributed by atoms with Crippen molar-refractivity contribution in [1.29, 1.82) is 0 Å². The molecule has 0 bridgehead atoms. The van der Waals surface area contributed by atoms with E-state index in [4.69, 9.17) is 10.7 Å². The van der Waals surface area contributed by atoms with Crippen LogP contribution in [0.3, 0.4) is 0 Å². The lowest BCUT2D eigenvalue weighted by molar-refractivity contribution is 0.295. The SMILES string of the molecule is C/C=C\C(C)(C)N=C(ON)[C@@H]1CCCN1. The summed E-state index contributed by atoms with van der Waals surface area (Å²) in [7, 11) is 0. The van der Waals surface area contributed by atoms with Gasteiger partial charge in [0.15, 0.2) is 0 Å². The van der Waals surface area contributed by atoms with Crippen LogP contribution in [-0.2, 0) is 4.84 Å². The van der Waals surface area contributed by atoms with Gasteiger partial charge in [-0.1, -0.05) is 12.2 Å². The van der Waals surface area contributed by atoms with Crippen LogP contribution in [-0.4, -0.2) is 24.0 Å². The van der Waals surface area contributed by atoms with Crippen LogP contribution in [0.4, 0.5) is 0 Å². The Morgan fingerprint density at radius 2 is 2.33 bits per heavy atom. The molecule has 0 aromatic heterocycles. The van der Waals surface area contributed by atoms with E-state index in [1.165, 1.54) is 0 Å². The van der Waals surface area contributed by atoms with Gasteiger partial charge < -0.3 is 10.2 Å². The largest absolute Gasteiger partial charge is 0.394 e. The number of aliphatic imine (C=N–C) groups is 1. The second kappa shape index (κ2) is 5.28. The first-order chi connectivity index (χ1) is 7.09. The maximum atomic E-state index is 5.26. The van der Waals surface area contributed by atoms with Crippen LogP contribution in [0.1, 0.15) is 33.6 Å². The molecule has 1 rings (SSSR count). The number of nitrogens with two attached hydrogens (primary N) is 1. The lowest BCUT2D eigenvalue weighted by Gasteiger charge is -2.19. The van der Waals surface area contributed by atoms with Gasteiger partial charge in [-0.25, -0.2) is 4.99 Å². The fourth-order valence-electron chi connectivity index (χ4n) is 1.81. The van der Waals surface area contributed by atoms with Crippen molar-refractivity contribution in [3.05, 3.63) is 12.2 Å². The molecular formula is C11H21N3O. The van der Waals surface area contributed by atoms with Crippen molar-refractivity contribution in [3.8, 4) is 0 Å². The Morgan fingerprint density at radius 1 is 1.60 bits per heavy atom. The molecule has 4 heteroatoms. The molecule has 0 amide bonds. The molecule has 15 heavy (non-hydrogen) atoms. The number of allylic oxidation sites excluding steroid dienone is 1. The summed E-state index contributed by atoms with van der Waals surface area (Å²) in [5.74, 6) is 5.87. The molecule has 1 fully saturated rings. The Bertz CT molecular complexity index is 253. The average Bonchev–Trinajstić information content (AvgIpc) is 2.67. The molecule has 1 aliphatic heterocycles. The summed E-state index contributed by atoms with van der Waals surface area (Å²) >= 11 is 0. The van der Waals surface area contributed by atoms with Crippen molar-refractivity contribution >= 4 is 5.90 Å². The molecule has 1 heterocycles. The maximum Gasteiger partial charge on any atom is 0.226 e. The van der Waals surface area contributed by atoms with Gasteiger partial charge in [-0.2, -0.15) is 5.90 Å². The van der Waals surface area contributed by atoms with E-state index in [1.54, 1.807) is 0 Å². The Labute approximate surface area is 91.5 Å². The number of hydrogen-bond donors (Lipinski definition) is 2. The molecule has 0 unspecified atom stereocenters. The van der Waals surface area contributed by atoms with Crippen LogP contribution in [0, 0.1) is 0 Å². The van der Waals surface area contributed by atoms with E-state index < -0.39 is 0 Å². The summed E-state index contributed by atoms with van der Waals surface area (Å²) in [5, 5.41) is 3.31. The van der Waals surface area contributed by atoms with Gasteiger partial charge in [0.25, 0.3) is 0 Å². The van der Waals surface area contributed by atoms with Crippen molar-refractivity contribution in [3.63, 3.8) is 0 Å². The third kappa shape index (κ3) is 3.64. The second-order valence-corrected chi connectivity index (χ2v) is 4.37. The van der Waals surface area contributed by atoms with Gasteiger partial charge in [0.2, 0.25) is 5.90 Å². The standard InChI is InChI=1S/C11H21N3O/c1-4-7-11(2,3)14-10(15-12)9-6-5-8-13-9/h4,7,9,13H,5-6,8,12H2,1-3H3/b7-4-,14-10?/t9-/m0/s1. The summed E-state index contributed by atoms with van der Waals surface area (Å²) in [6.07, 6.45) is 6.21. The minimum Gasteiger partial charge on any atom is -0.394 e. The number of rotatable bonds is 3. The molecule has 3 N–H and O–H groups in total. The first-order valence-electron chi connectivity index (χ1n) is 5.43. The summed E-state index contributed by atoms with van der Waals surface area (Å²) < 4.78 is 0. The molecular weight excluding hydrogens is 190 g/mol. The van der Waals surface area contributed by atoms with E-state index in [9.17, 15) is 0 Å². The topological polar surface area (TPSA) is 59.6 Å². The molecule has 0 saturated carbocycles. The fourth-order valence-corrected chi connectivity index (χ4v) is 1.81. The van der Waals surface area contributed by atoms with E-state index >= 15 is 0 Å². The molecule has 4 nitrogen and oxygen atoms in total. The van der Waals surface area contributed by atoms with Crippen LogP contribution in [0.5, 0.6) is 0 Å². The zero-order chi connectivity index (χ0) is 11.3. The van der Waals surface area contributed by atoms with Crippen LogP contribution in [0.15, 0.2) is 17.1 Å². The lowest BCUT2D eigenvalue weighted by atomic mass is 10.1. The van der Waals surface area contributed by atoms with Crippen LogP contribution in [0.2, 0.25) is 0 Å². The molecule has 86 valence electrons. The summed E-state index contributed by atoms with van der Waals surface area (Å²) in [6.45, 7) is 7.05. The van der Waals surface area contributed by atoms with Crippen molar-refractivity contribution in [1.82, 2.24) is 5.32 Å². The Morgan fingerprint density at radius 3 is 2.80 bits per heavy atom. The molecule has 1 aliphatic rings. The van der Waals surface area contributed by atoms with Crippen LogP contribution < -0.4 is 11.2 Å². The highest BCUT2D eigenvalue weighted by atomic mass is 16.6. The Kier molecular flexibility index (Phi) is 4.29. The van der Waals surface area contributed by atoms with E-state index in [2.05, 4.69) is 10.3 Å². The minimum absolute atomic E-state index is 0.180. The molecule has 0 aliphatic carbocycles. The van der Waals surface area contributed by atoms with Gasteiger partial charge in [0, 0.05) is 0 Å². The van der Waals surface area contributed by atoms with Crippen molar-refractivity contribution in [2.45, 2.75) is 45.2 Å². The highest BCUT2D eigenvalue weighted by Gasteiger charge is 2.24. The zero-order valence-electron chi connectivity index (χ0n) is 9.79. The summed E-state index contributed by atoms with van der Waals surface area (Å²) in [6, 6.07) is 0.180. The van der Waals surface area contributed by atoms with Crippen molar-refractivity contribution in [2.24, 2.45) is 10.9 Å². The van der Waals surface area contributed by atoms with E-state index in [-0.39, 0.29) is 11.6 Å². The molecule has 0 radical (unpaired) electrons. The van der Waals surface area contributed by atoms with Crippen LogP contribution in [0.25, 0.3) is 0 Å². The van der Waals surface area contributed by atoms with Gasteiger partial charge >= 0.3 is 0 Å². The molecule has 0 spiro atoms.